The van der Waals surface area contributed by atoms with Gasteiger partial charge in [-0.25, -0.2) is 0 Å². The van der Waals surface area contributed by atoms with Crippen LogP contribution in [-0.4, -0.2) is 50.2 Å². The van der Waals surface area contributed by atoms with Gasteiger partial charge in [0.15, 0.2) is 0 Å². The lowest BCUT2D eigenvalue weighted by Gasteiger charge is -2.38. The number of halogens is 2. The smallest absolute Gasteiger partial charge is 0.339 e. The number of nitrogens with zero attached hydrogens (tertiary/aromatic N) is 3. The van der Waals surface area contributed by atoms with Crippen molar-refractivity contribution in [2.24, 2.45) is 0 Å². The van der Waals surface area contributed by atoms with E-state index in [-0.39, 0.29) is 16.5 Å². The van der Waals surface area contributed by atoms with Crippen molar-refractivity contribution in [3.63, 3.8) is 0 Å². The fourth-order valence-corrected chi connectivity index (χ4v) is 4.15. The van der Waals surface area contributed by atoms with Gasteiger partial charge in [-0.1, -0.05) is 43.9 Å². The number of hydrogen-bond acceptors (Lipinski definition) is 6. The fraction of sp³-hybridized carbons (Fsp3) is 0.800. The third kappa shape index (κ3) is 4.78. The largest absolute Gasteiger partial charge is 0.448 e. The number of piperidine rings is 1. The molecule has 1 saturated heterocycles. The molecule has 1 aromatic heterocycles. The molecule has 0 aromatic carbocycles. The Bertz CT molecular complexity index is 529. The van der Waals surface area contributed by atoms with Gasteiger partial charge in [0.1, 0.15) is 5.51 Å². The Morgan fingerprint density at radius 1 is 1.54 bits per heavy atom. The first-order valence-corrected chi connectivity index (χ1v) is 9.90. The maximum absolute atomic E-state index is 14.7. The second-order valence-corrected chi connectivity index (χ2v) is 8.54. The number of alkyl halides is 2. The highest BCUT2D eigenvalue weighted by atomic mass is 32.2. The third-order valence-corrected chi connectivity index (χ3v) is 5.44. The summed E-state index contributed by atoms with van der Waals surface area (Å²) in [5.74, 6) is -0.657. The van der Waals surface area contributed by atoms with Crippen LogP contribution in [0.3, 0.4) is 0 Å². The second kappa shape index (κ2) is 8.42. The van der Waals surface area contributed by atoms with Gasteiger partial charge in [-0.05, 0) is 25.7 Å². The zero-order chi connectivity index (χ0) is 17.7. The van der Waals surface area contributed by atoms with Crippen LogP contribution in [0.1, 0.15) is 46.5 Å². The standard InChI is InChI=1S/C15H23F2N3O2S2/c1-4-11-7-5-6-8-20(11)13(21)12(15(16,17)24-10(2)3)22-14-19-18-9-23-14/h9-12H,4-8H2,1-3H3. The Balaban J connectivity index is 2.24. The molecule has 1 amide bonds. The highest BCUT2D eigenvalue weighted by Crippen LogP contribution is 2.39. The molecule has 1 aliphatic heterocycles. The maximum atomic E-state index is 14.7. The number of hydrogen-bond donors (Lipinski definition) is 0. The van der Waals surface area contributed by atoms with E-state index in [0.29, 0.717) is 18.3 Å². The molecule has 5 nitrogen and oxygen atoms in total. The molecular weight excluding hydrogens is 356 g/mol. The van der Waals surface area contributed by atoms with Crippen LogP contribution >= 0.6 is 23.1 Å². The SMILES string of the molecule is CCC1CCCCN1C(=O)C(Oc1nncs1)C(F)(F)SC(C)C. The predicted octanol–water partition coefficient (Wildman–Crippen LogP) is 3.81. The minimum atomic E-state index is -3.34. The summed E-state index contributed by atoms with van der Waals surface area (Å²) in [7, 11) is 0. The number of rotatable bonds is 7. The van der Waals surface area contributed by atoms with Gasteiger partial charge in [-0.2, -0.15) is 8.78 Å². The van der Waals surface area contributed by atoms with Crippen LogP contribution in [0.5, 0.6) is 5.19 Å². The fourth-order valence-electron chi connectivity index (χ4n) is 2.82. The minimum Gasteiger partial charge on any atom is -0.448 e. The molecule has 2 atom stereocenters. The Morgan fingerprint density at radius 2 is 2.29 bits per heavy atom. The van der Waals surface area contributed by atoms with Gasteiger partial charge in [0, 0.05) is 17.8 Å². The average molecular weight is 379 g/mol. The second-order valence-electron chi connectivity index (χ2n) is 6.02. The normalized spacial score (nSPS) is 20.2. The van der Waals surface area contributed by atoms with E-state index in [0.717, 1.165) is 37.0 Å². The summed E-state index contributed by atoms with van der Waals surface area (Å²) in [4.78, 5) is 14.4. The summed E-state index contributed by atoms with van der Waals surface area (Å²) >= 11 is 1.44. The molecule has 1 aliphatic rings. The van der Waals surface area contributed by atoms with Crippen molar-refractivity contribution in [3.8, 4) is 5.19 Å². The van der Waals surface area contributed by atoms with Crippen molar-refractivity contribution in [2.45, 2.75) is 69.1 Å². The molecule has 136 valence electrons. The Hall–Kier alpha value is -0.960. The molecule has 1 aromatic rings. The van der Waals surface area contributed by atoms with Crippen LogP contribution in [-0.2, 0) is 4.79 Å². The topological polar surface area (TPSA) is 55.3 Å². The number of aromatic nitrogens is 2. The first-order valence-electron chi connectivity index (χ1n) is 8.14. The number of amides is 1. The number of carbonyl (C=O) groups excluding carboxylic acids is 1. The Labute approximate surface area is 149 Å². The lowest BCUT2D eigenvalue weighted by Crippen LogP contribution is -2.54. The van der Waals surface area contributed by atoms with E-state index in [2.05, 4.69) is 10.2 Å². The third-order valence-electron chi connectivity index (χ3n) is 3.86. The van der Waals surface area contributed by atoms with Crippen molar-refractivity contribution in [3.05, 3.63) is 5.51 Å². The van der Waals surface area contributed by atoms with E-state index < -0.39 is 17.3 Å². The van der Waals surface area contributed by atoms with Crippen LogP contribution < -0.4 is 4.74 Å². The van der Waals surface area contributed by atoms with Gasteiger partial charge >= 0.3 is 5.25 Å². The van der Waals surface area contributed by atoms with Crippen LogP contribution in [0, 0.1) is 0 Å². The summed E-state index contributed by atoms with van der Waals surface area (Å²) in [6, 6.07) is -0.00776. The summed E-state index contributed by atoms with van der Waals surface area (Å²) in [5, 5.41) is 3.55. The number of likely N-dealkylation sites (tertiary alicyclic amines) is 1. The summed E-state index contributed by atoms with van der Waals surface area (Å²) < 4.78 is 34.7. The van der Waals surface area contributed by atoms with Gasteiger partial charge in [-0.15, -0.1) is 10.2 Å². The van der Waals surface area contributed by atoms with Gasteiger partial charge < -0.3 is 9.64 Å². The molecule has 2 unspecified atom stereocenters. The van der Waals surface area contributed by atoms with Gasteiger partial charge in [0.2, 0.25) is 0 Å². The zero-order valence-electron chi connectivity index (χ0n) is 14.1. The van der Waals surface area contributed by atoms with Gasteiger partial charge in [0.25, 0.3) is 17.2 Å². The van der Waals surface area contributed by atoms with Crippen molar-refractivity contribution < 1.29 is 18.3 Å². The highest BCUT2D eigenvalue weighted by molar-refractivity contribution is 8.00. The van der Waals surface area contributed by atoms with Crippen molar-refractivity contribution in [1.82, 2.24) is 15.1 Å². The number of thioether (sulfide) groups is 1. The van der Waals surface area contributed by atoms with Gasteiger partial charge in [-0.3, -0.25) is 4.79 Å². The van der Waals surface area contributed by atoms with Crippen molar-refractivity contribution >= 4 is 29.0 Å². The first kappa shape index (κ1) is 19.4. The molecule has 2 heterocycles. The molecule has 0 aliphatic carbocycles. The lowest BCUT2D eigenvalue weighted by molar-refractivity contribution is -0.152. The molecule has 9 heteroatoms. The average Bonchev–Trinajstić information content (AvgIpc) is 3.03. The molecule has 1 fully saturated rings. The monoisotopic (exact) mass is 379 g/mol. The van der Waals surface area contributed by atoms with Crippen LogP contribution in [0.4, 0.5) is 8.78 Å². The molecule has 0 spiro atoms. The summed E-state index contributed by atoms with van der Waals surface area (Å²) in [5.41, 5.74) is 1.39. The summed E-state index contributed by atoms with van der Waals surface area (Å²) in [6.45, 7) is 5.80. The van der Waals surface area contributed by atoms with E-state index in [1.54, 1.807) is 18.7 Å². The van der Waals surface area contributed by atoms with E-state index in [1.807, 2.05) is 6.92 Å². The molecule has 0 bridgehead atoms. The van der Waals surface area contributed by atoms with Gasteiger partial charge in [0.05, 0.1) is 0 Å². The predicted molar refractivity (Wildman–Crippen MR) is 91.6 cm³/mol. The van der Waals surface area contributed by atoms with Crippen molar-refractivity contribution in [1.29, 1.82) is 0 Å². The van der Waals surface area contributed by atoms with E-state index in [4.69, 9.17) is 4.74 Å². The molecular formula is C15H23F2N3O2S2. The summed E-state index contributed by atoms with van der Waals surface area (Å²) in [6.07, 6.45) is 1.56. The molecule has 0 saturated carbocycles. The van der Waals surface area contributed by atoms with Crippen LogP contribution in [0.2, 0.25) is 0 Å². The Kier molecular flexibility index (Phi) is 6.79. The van der Waals surface area contributed by atoms with E-state index in [9.17, 15) is 13.6 Å². The van der Waals surface area contributed by atoms with Crippen molar-refractivity contribution in [2.75, 3.05) is 6.54 Å². The number of carbonyl (C=O) groups is 1. The maximum Gasteiger partial charge on any atom is 0.339 e. The molecule has 0 N–H and O–H groups in total. The molecule has 2 rings (SSSR count). The number of ether oxygens (including phenoxy) is 1. The highest BCUT2D eigenvalue weighted by Gasteiger charge is 2.50. The zero-order valence-corrected chi connectivity index (χ0v) is 15.7. The van der Waals surface area contributed by atoms with Crippen LogP contribution in [0.15, 0.2) is 5.51 Å². The van der Waals surface area contributed by atoms with E-state index >= 15 is 0 Å². The quantitative estimate of drug-likeness (QED) is 0.721. The molecule has 24 heavy (non-hydrogen) atoms. The van der Waals surface area contributed by atoms with E-state index in [1.165, 1.54) is 5.51 Å². The Morgan fingerprint density at radius 3 is 2.88 bits per heavy atom. The minimum absolute atomic E-state index is 0.00776. The molecule has 0 radical (unpaired) electrons. The first-order chi connectivity index (χ1) is 11.3. The lowest BCUT2D eigenvalue weighted by atomic mass is 9.99. The van der Waals surface area contributed by atoms with Crippen LogP contribution in [0.25, 0.3) is 0 Å².